The predicted molar refractivity (Wildman–Crippen MR) is 49.2 cm³/mol. The number of nitrogens with one attached hydrogen (secondary N) is 1. The lowest BCUT2D eigenvalue weighted by Crippen LogP contribution is -2.01. The first-order chi connectivity index (χ1) is 6.77. The Hall–Kier alpha value is -2.10. The molecule has 2 aromatic rings. The Balaban J connectivity index is 2.38. The number of aromatic nitrogens is 1. The second-order valence-electron chi connectivity index (χ2n) is 2.78. The van der Waals surface area contributed by atoms with Gasteiger partial charge in [0.1, 0.15) is 5.69 Å². The molecule has 0 fully saturated rings. The van der Waals surface area contributed by atoms with Crippen molar-refractivity contribution in [3.63, 3.8) is 0 Å². The second-order valence-corrected chi connectivity index (χ2v) is 2.78. The van der Waals surface area contributed by atoms with Gasteiger partial charge in [-0.2, -0.15) is 0 Å². The summed E-state index contributed by atoms with van der Waals surface area (Å²) in [7, 11) is 0. The van der Waals surface area contributed by atoms with Crippen LogP contribution in [0.4, 0.5) is 0 Å². The zero-order valence-corrected chi connectivity index (χ0v) is 7.19. The van der Waals surface area contributed by atoms with Crippen LogP contribution in [-0.2, 0) is 0 Å². The lowest BCUT2D eigenvalue weighted by Gasteiger charge is -1.94. The van der Waals surface area contributed by atoms with E-state index >= 15 is 0 Å². The van der Waals surface area contributed by atoms with Gasteiger partial charge >= 0.3 is 5.63 Å². The fraction of sp³-hybridized carbons (Fsp3) is 0. The van der Waals surface area contributed by atoms with E-state index in [1.165, 1.54) is 0 Å². The van der Waals surface area contributed by atoms with Crippen molar-refractivity contribution < 1.29 is 9.32 Å². The zero-order chi connectivity index (χ0) is 9.97. The summed E-state index contributed by atoms with van der Waals surface area (Å²) in [4.78, 5) is 22.3. The minimum atomic E-state index is -0.552. The van der Waals surface area contributed by atoms with Gasteiger partial charge in [-0.25, -0.2) is 9.95 Å². The summed E-state index contributed by atoms with van der Waals surface area (Å²) in [6.45, 7) is 0. The van der Waals surface area contributed by atoms with Crippen molar-refractivity contribution >= 4 is 5.78 Å². The Morgan fingerprint density at radius 3 is 2.50 bits per heavy atom. The molecule has 0 atom stereocenters. The fourth-order valence-corrected chi connectivity index (χ4v) is 1.14. The van der Waals surface area contributed by atoms with Crippen molar-refractivity contribution in [3.8, 4) is 0 Å². The molecule has 0 saturated heterocycles. The van der Waals surface area contributed by atoms with Crippen LogP contribution in [0.1, 0.15) is 16.1 Å². The maximum Gasteiger partial charge on any atom is 0.358 e. The quantitative estimate of drug-likeness (QED) is 0.722. The average Bonchev–Trinajstić information content (AvgIpc) is 2.65. The molecule has 4 heteroatoms. The molecule has 1 N–H and O–H groups in total. The third-order valence-corrected chi connectivity index (χ3v) is 1.80. The smallest absolute Gasteiger partial charge is 0.338 e. The molecular formula is C10H7NO3. The average molecular weight is 189 g/mol. The van der Waals surface area contributed by atoms with Gasteiger partial charge in [-0.1, -0.05) is 30.3 Å². The Labute approximate surface area is 79.1 Å². The Morgan fingerprint density at radius 1 is 1.21 bits per heavy atom. The van der Waals surface area contributed by atoms with Crippen LogP contribution >= 0.6 is 0 Å². The second kappa shape index (κ2) is 3.33. The molecule has 0 aliphatic rings. The molecule has 0 aliphatic heterocycles. The zero-order valence-electron chi connectivity index (χ0n) is 7.19. The van der Waals surface area contributed by atoms with E-state index in [0.717, 1.165) is 6.07 Å². The van der Waals surface area contributed by atoms with Gasteiger partial charge in [0, 0.05) is 5.56 Å². The van der Waals surface area contributed by atoms with E-state index in [1.54, 1.807) is 24.3 Å². The van der Waals surface area contributed by atoms with Crippen molar-refractivity contribution in [1.29, 1.82) is 0 Å². The van der Waals surface area contributed by atoms with Gasteiger partial charge in [0.2, 0.25) is 5.78 Å². The topological polar surface area (TPSA) is 63.1 Å². The molecule has 2 rings (SSSR count). The molecule has 0 spiro atoms. The number of carbonyl (C=O) groups is 1. The third-order valence-electron chi connectivity index (χ3n) is 1.80. The highest BCUT2D eigenvalue weighted by Gasteiger charge is 2.10. The number of hydrogen-bond donors (Lipinski definition) is 1. The highest BCUT2D eigenvalue weighted by atomic mass is 16.5. The van der Waals surface area contributed by atoms with E-state index in [1.807, 2.05) is 6.07 Å². The maximum absolute atomic E-state index is 11.6. The highest BCUT2D eigenvalue weighted by molar-refractivity contribution is 6.07. The summed E-state index contributed by atoms with van der Waals surface area (Å²) in [5, 5.41) is 2.27. The largest absolute Gasteiger partial charge is 0.358 e. The molecule has 14 heavy (non-hydrogen) atoms. The summed E-state index contributed by atoms with van der Waals surface area (Å²) in [6, 6.07) is 9.81. The summed E-state index contributed by atoms with van der Waals surface area (Å²) in [5.41, 5.74) is 0.134. The number of H-pyrrole nitrogens is 1. The van der Waals surface area contributed by atoms with Crippen LogP contribution in [0.5, 0.6) is 0 Å². The van der Waals surface area contributed by atoms with Crippen molar-refractivity contribution in [2.75, 3.05) is 0 Å². The minimum Gasteiger partial charge on any atom is -0.338 e. The van der Waals surface area contributed by atoms with Crippen LogP contribution in [-0.4, -0.2) is 10.9 Å². The summed E-state index contributed by atoms with van der Waals surface area (Å²) in [6.07, 6.45) is 0. The van der Waals surface area contributed by atoms with Gasteiger partial charge < -0.3 is 4.52 Å². The van der Waals surface area contributed by atoms with Gasteiger partial charge in [0.25, 0.3) is 0 Å². The van der Waals surface area contributed by atoms with Crippen molar-refractivity contribution in [1.82, 2.24) is 5.16 Å². The van der Waals surface area contributed by atoms with E-state index in [2.05, 4.69) is 9.68 Å². The normalized spacial score (nSPS) is 10.0. The van der Waals surface area contributed by atoms with Crippen molar-refractivity contribution in [2.24, 2.45) is 0 Å². The standard InChI is InChI=1S/C10H7NO3/c12-9-6-8(11-14-9)10(13)7-4-2-1-3-5-7/h1-6,11H. The number of rotatable bonds is 2. The van der Waals surface area contributed by atoms with E-state index in [4.69, 9.17) is 0 Å². The third kappa shape index (κ3) is 1.50. The van der Waals surface area contributed by atoms with E-state index < -0.39 is 5.63 Å². The molecule has 1 heterocycles. The molecule has 0 aliphatic carbocycles. The first-order valence-electron chi connectivity index (χ1n) is 4.05. The van der Waals surface area contributed by atoms with Crippen LogP contribution in [0, 0.1) is 0 Å². The molecule has 0 radical (unpaired) electrons. The summed E-state index contributed by atoms with van der Waals surface area (Å²) >= 11 is 0. The van der Waals surface area contributed by atoms with Gasteiger partial charge in [-0.05, 0) is 0 Å². The van der Waals surface area contributed by atoms with Gasteiger partial charge in [0.05, 0.1) is 6.07 Å². The molecule has 0 bridgehead atoms. The maximum atomic E-state index is 11.6. The van der Waals surface area contributed by atoms with Crippen LogP contribution in [0.2, 0.25) is 0 Å². The SMILES string of the molecule is O=C(c1ccccc1)c1cc(=O)o[nH]1. The predicted octanol–water partition coefficient (Wildman–Crippen LogP) is 1.20. The van der Waals surface area contributed by atoms with Crippen LogP contribution in [0.25, 0.3) is 0 Å². The van der Waals surface area contributed by atoms with E-state index in [9.17, 15) is 9.59 Å². The van der Waals surface area contributed by atoms with Crippen LogP contribution in [0.3, 0.4) is 0 Å². The first kappa shape index (κ1) is 8.50. The van der Waals surface area contributed by atoms with Crippen LogP contribution in [0.15, 0.2) is 45.7 Å². The Morgan fingerprint density at radius 2 is 1.93 bits per heavy atom. The monoisotopic (exact) mass is 189 g/mol. The summed E-state index contributed by atoms with van der Waals surface area (Å²) < 4.78 is 4.41. The lowest BCUT2D eigenvalue weighted by atomic mass is 10.1. The lowest BCUT2D eigenvalue weighted by molar-refractivity contribution is 0.103. The van der Waals surface area contributed by atoms with Gasteiger partial charge in [0.15, 0.2) is 0 Å². The molecular weight excluding hydrogens is 182 g/mol. The molecule has 70 valence electrons. The Kier molecular flexibility index (Phi) is 2.02. The van der Waals surface area contributed by atoms with E-state index in [-0.39, 0.29) is 11.5 Å². The highest BCUT2D eigenvalue weighted by Crippen LogP contribution is 2.05. The number of carbonyl (C=O) groups excluding carboxylic acids is 1. The number of ketones is 1. The molecule has 4 nitrogen and oxygen atoms in total. The molecule has 0 unspecified atom stereocenters. The number of benzene rings is 1. The van der Waals surface area contributed by atoms with Crippen molar-refractivity contribution in [2.45, 2.75) is 0 Å². The first-order valence-corrected chi connectivity index (χ1v) is 4.05. The molecule has 1 aromatic heterocycles. The number of aromatic amines is 1. The molecule has 0 amide bonds. The summed E-state index contributed by atoms with van der Waals surface area (Å²) in [5.74, 6) is -0.253. The number of hydrogen-bond acceptors (Lipinski definition) is 3. The van der Waals surface area contributed by atoms with Crippen molar-refractivity contribution in [3.05, 3.63) is 58.1 Å². The fourth-order valence-electron chi connectivity index (χ4n) is 1.14. The molecule has 0 saturated carbocycles. The van der Waals surface area contributed by atoms with E-state index in [0.29, 0.717) is 5.56 Å². The van der Waals surface area contributed by atoms with Crippen LogP contribution < -0.4 is 5.63 Å². The Bertz CT molecular complexity index is 495. The van der Waals surface area contributed by atoms with Gasteiger partial charge in [-0.15, -0.1) is 0 Å². The minimum absolute atomic E-state index is 0.168. The van der Waals surface area contributed by atoms with Gasteiger partial charge in [-0.3, -0.25) is 4.79 Å². The molecule has 1 aromatic carbocycles.